The number of hydrogen-bond acceptors (Lipinski definition) is 3. The van der Waals surface area contributed by atoms with Crippen molar-refractivity contribution in [2.45, 2.75) is 13.3 Å². The zero-order chi connectivity index (χ0) is 8.55. The first-order valence-electron chi connectivity index (χ1n) is 3.83. The fourth-order valence-electron chi connectivity index (χ4n) is 1.12. The van der Waals surface area contributed by atoms with E-state index in [9.17, 15) is 5.11 Å². The molecule has 2 aromatic rings. The molecule has 0 amide bonds. The van der Waals surface area contributed by atoms with Gasteiger partial charge in [0.05, 0.1) is 5.69 Å². The monoisotopic (exact) mass is 163 g/mol. The molecule has 62 valence electrons. The van der Waals surface area contributed by atoms with E-state index in [0.29, 0.717) is 5.65 Å². The molecule has 4 nitrogen and oxygen atoms in total. The number of imidazole rings is 1. The zero-order valence-corrected chi connectivity index (χ0v) is 6.73. The molecule has 2 rings (SSSR count). The summed E-state index contributed by atoms with van der Waals surface area (Å²) in [5, 5.41) is 13.7. The second-order valence-electron chi connectivity index (χ2n) is 2.57. The van der Waals surface area contributed by atoms with Crippen LogP contribution in [0.1, 0.15) is 12.6 Å². The molecule has 0 aliphatic heterocycles. The van der Waals surface area contributed by atoms with E-state index in [2.05, 4.69) is 10.1 Å². The topological polar surface area (TPSA) is 50.4 Å². The number of nitrogens with zero attached hydrogens (tertiary/aromatic N) is 3. The Labute approximate surface area is 69.5 Å². The molecule has 0 aliphatic carbocycles. The Balaban J connectivity index is 2.75. The minimum Gasteiger partial charge on any atom is -0.504 e. The quantitative estimate of drug-likeness (QED) is 0.682. The van der Waals surface area contributed by atoms with E-state index < -0.39 is 0 Å². The van der Waals surface area contributed by atoms with Crippen molar-refractivity contribution in [2.75, 3.05) is 0 Å². The minimum atomic E-state index is 0.187. The molecule has 1 N–H and O–H groups in total. The molecular formula is C8H9N3O. The normalized spacial score (nSPS) is 10.8. The molecule has 0 spiro atoms. The predicted octanol–water partition coefficient (Wildman–Crippen LogP) is 0.997. The highest BCUT2D eigenvalue weighted by molar-refractivity contribution is 5.51. The van der Waals surface area contributed by atoms with Crippen LogP contribution < -0.4 is 0 Å². The average Bonchev–Trinajstić information content (AvgIpc) is 2.52. The number of aromatic nitrogens is 3. The van der Waals surface area contributed by atoms with Gasteiger partial charge in [0.1, 0.15) is 0 Å². The molecule has 0 bridgehead atoms. The van der Waals surface area contributed by atoms with Gasteiger partial charge in [-0.1, -0.05) is 6.92 Å². The number of hydrogen-bond donors (Lipinski definition) is 1. The molecule has 0 saturated carbocycles. The van der Waals surface area contributed by atoms with Gasteiger partial charge in [-0.25, -0.2) is 9.50 Å². The first-order valence-corrected chi connectivity index (χ1v) is 3.83. The van der Waals surface area contributed by atoms with Crippen LogP contribution in [0.5, 0.6) is 5.75 Å². The third-order valence-corrected chi connectivity index (χ3v) is 1.75. The third-order valence-electron chi connectivity index (χ3n) is 1.75. The summed E-state index contributed by atoms with van der Waals surface area (Å²) in [6.45, 7) is 1.99. The molecular weight excluding hydrogens is 154 g/mol. The predicted molar refractivity (Wildman–Crippen MR) is 44.0 cm³/mol. The lowest BCUT2D eigenvalue weighted by Gasteiger charge is -1.99. The van der Waals surface area contributed by atoms with E-state index in [0.717, 1.165) is 12.1 Å². The molecule has 0 aliphatic rings. The van der Waals surface area contributed by atoms with Crippen LogP contribution in [0.15, 0.2) is 18.5 Å². The number of aryl methyl sites for hydroxylation is 1. The van der Waals surface area contributed by atoms with Crippen LogP contribution in [-0.2, 0) is 6.42 Å². The molecule has 0 radical (unpaired) electrons. The summed E-state index contributed by atoms with van der Waals surface area (Å²) in [6.07, 6.45) is 4.14. The third kappa shape index (κ3) is 0.922. The summed E-state index contributed by atoms with van der Waals surface area (Å²) in [5.41, 5.74) is 1.37. The zero-order valence-electron chi connectivity index (χ0n) is 6.73. The van der Waals surface area contributed by atoms with Crippen molar-refractivity contribution in [1.29, 1.82) is 0 Å². The molecule has 0 atom stereocenters. The highest BCUT2D eigenvalue weighted by Crippen LogP contribution is 2.15. The first-order chi connectivity index (χ1) is 5.81. The molecule has 2 aromatic heterocycles. The van der Waals surface area contributed by atoms with Crippen LogP contribution in [0.3, 0.4) is 0 Å². The highest BCUT2D eigenvalue weighted by Gasteiger charge is 2.03. The first kappa shape index (κ1) is 7.09. The van der Waals surface area contributed by atoms with Crippen LogP contribution in [0.4, 0.5) is 0 Å². The molecule has 0 unspecified atom stereocenters. The van der Waals surface area contributed by atoms with Gasteiger partial charge in [0.25, 0.3) is 0 Å². The van der Waals surface area contributed by atoms with E-state index in [-0.39, 0.29) is 5.75 Å². The fraction of sp³-hybridized carbons (Fsp3) is 0.250. The maximum atomic E-state index is 9.45. The number of rotatable bonds is 1. The summed E-state index contributed by atoms with van der Waals surface area (Å²) < 4.78 is 1.58. The smallest absolute Gasteiger partial charge is 0.196 e. The van der Waals surface area contributed by atoms with Gasteiger partial charge in [0, 0.05) is 18.5 Å². The lowest BCUT2D eigenvalue weighted by molar-refractivity contribution is 0.474. The summed E-state index contributed by atoms with van der Waals surface area (Å²) in [7, 11) is 0. The number of fused-ring (bicyclic) bond motifs is 1. The van der Waals surface area contributed by atoms with Crippen molar-refractivity contribution < 1.29 is 5.11 Å². The Bertz CT molecular complexity index is 408. The summed E-state index contributed by atoms with van der Waals surface area (Å²) in [6, 6.07) is 1.64. The minimum absolute atomic E-state index is 0.187. The Hall–Kier alpha value is -1.58. The maximum absolute atomic E-state index is 9.45. The summed E-state index contributed by atoms with van der Waals surface area (Å²) in [5.74, 6) is 0.187. The summed E-state index contributed by atoms with van der Waals surface area (Å²) >= 11 is 0. The molecule has 0 fully saturated rings. The Kier molecular flexibility index (Phi) is 1.46. The van der Waals surface area contributed by atoms with E-state index in [1.807, 2.05) is 6.92 Å². The largest absolute Gasteiger partial charge is 0.504 e. The Morgan fingerprint density at radius 1 is 1.58 bits per heavy atom. The Morgan fingerprint density at radius 3 is 3.17 bits per heavy atom. The van der Waals surface area contributed by atoms with Gasteiger partial charge in [0.15, 0.2) is 11.4 Å². The number of aromatic hydroxyl groups is 1. The Morgan fingerprint density at radius 2 is 2.42 bits per heavy atom. The summed E-state index contributed by atoms with van der Waals surface area (Å²) in [4.78, 5) is 3.94. The van der Waals surface area contributed by atoms with Gasteiger partial charge in [0.2, 0.25) is 0 Å². The van der Waals surface area contributed by atoms with Crippen molar-refractivity contribution >= 4 is 5.65 Å². The maximum Gasteiger partial charge on any atom is 0.196 e. The van der Waals surface area contributed by atoms with Gasteiger partial charge < -0.3 is 5.11 Å². The van der Waals surface area contributed by atoms with Gasteiger partial charge in [-0.2, -0.15) is 5.10 Å². The van der Waals surface area contributed by atoms with Crippen molar-refractivity contribution in [2.24, 2.45) is 0 Å². The van der Waals surface area contributed by atoms with Crippen LogP contribution in [0, 0.1) is 0 Å². The van der Waals surface area contributed by atoms with E-state index in [4.69, 9.17) is 0 Å². The molecule has 2 heterocycles. The molecule has 0 aromatic carbocycles. The van der Waals surface area contributed by atoms with E-state index >= 15 is 0 Å². The van der Waals surface area contributed by atoms with Crippen LogP contribution in [0.25, 0.3) is 5.65 Å². The van der Waals surface area contributed by atoms with Gasteiger partial charge in [-0.15, -0.1) is 0 Å². The average molecular weight is 163 g/mol. The fourth-order valence-corrected chi connectivity index (χ4v) is 1.12. The lowest BCUT2D eigenvalue weighted by atomic mass is 10.3. The van der Waals surface area contributed by atoms with Crippen LogP contribution in [-0.4, -0.2) is 19.7 Å². The SMILES string of the molecule is CCc1cc(O)c2nccn2n1. The second kappa shape index (κ2) is 2.48. The van der Waals surface area contributed by atoms with Gasteiger partial charge >= 0.3 is 0 Å². The highest BCUT2D eigenvalue weighted by atomic mass is 16.3. The van der Waals surface area contributed by atoms with E-state index in [1.54, 1.807) is 23.0 Å². The van der Waals surface area contributed by atoms with E-state index in [1.165, 1.54) is 0 Å². The molecule has 4 heteroatoms. The van der Waals surface area contributed by atoms with Gasteiger partial charge in [-0.3, -0.25) is 0 Å². The lowest BCUT2D eigenvalue weighted by Crippen LogP contribution is -1.95. The van der Waals surface area contributed by atoms with Gasteiger partial charge in [-0.05, 0) is 6.42 Å². The van der Waals surface area contributed by atoms with Crippen molar-refractivity contribution in [3.05, 3.63) is 24.2 Å². The second-order valence-corrected chi connectivity index (χ2v) is 2.57. The van der Waals surface area contributed by atoms with Crippen molar-refractivity contribution in [3.8, 4) is 5.75 Å². The van der Waals surface area contributed by atoms with Crippen molar-refractivity contribution in [3.63, 3.8) is 0 Å². The molecule has 0 saturated heterocycles. The van der Waals surface area contributed by atoms with Crippen LogP contribution >= 0.6 is 0 Å². The standard InChI is InChI=1S/C8H9N3O/c1-2-6-5-7(12)8-9-3-4-11(8)10-6/h3-5,12H,2H2,1H3. The molecule has 12 heavy (non-hydrogen) atoms. The van der Waals surface area contributed by atoms with Crippen LogP contribution in [0.2, 0.25) is 0 Å². The van der Waals surface area contributed by atoms with Crippen molar-refractivity contribution in [1.82, 2.24) is 14.6 Å².